The van der Waals surface area contributed by atoms with Crippen molar-refractivity contribution in [3.8, 4) is 0 Å². The molecule has 4 aliphatic carbocycles. The maximum atomic E-state index is 12.8. The lowest BCUT2D eigenvalue weighted by molar-refractivity contribution is -0.157. The van der Waals surface area contributed by atoms with Crippen molar-refractivity contribution in [2.24, 2.45) is 28.6 Å². The van der Waals surface area contributed by atoms with Crippen molar-refractivity contribution in [2.45, 2.75) is 75.3 Å². The van der Waals surface area contributed by atoms with Gasteiger partial charge in [-0.1, -0.05) is 64.0 Å². The Morgan fingerprint density at radius 2 is 2.11 bits per heavy atom. The maximum absolute atomic E-state index is 12.8. The fourth-order valence-electron chi connectivity index (χ4n) is 7.40. The van der Waals surface area contributed by atoms with E-state index < -0.39 is 5.60 Å². The van der Waals surface area contributed by atoms with E-state index in [2.05, 4.69) is 58.4 Å². The first kappa shape index (κ1) is 21.3. The summed E-state index contributed by atoms with van der Waals surface area (Å²) >= 11 is 5.80. The molecule has 4 aliphatic rings. The molecule has 0 aromatic carbocycles. The summed E-state index contributed by atoms with van der Waals surface area (Å²) in [6.45, 7) is 5.15. The van der Waals surface area contributed by atoms with Crippen LogP contribution in [0.2, 0.25) is 0 Å². The van der Waals surface area contributed by atoms with E-state index in [9.17, 15) is 14.7 Å². The molecule has 0 aromatic rings. The summed E-state index contributed by atoms with van der Waals surface area (Å²) in [4.78, 5) is 23.4. The number of aliphatic hydroxyl groups is 1. The maximum Gasteiger partial charge on any atom is 0.293 e. The van der Waals surface area contributed by atoms with Crippen molar-refractivity contribution < 1.29 is 19.4 Å². The fraction of sp³-hybridized carbons (Fsp3) is 0.818. The van der Waals surface area contributed by atoms with Crippen molar-refractivity contribution >= 4 is 50.8 Å². The Morgan fingerprint density at radius 1 is 1.36 bits per heavy atom. The number of carbonyl (C=O) groups excluding carboxylic acids is 2. The van der Waals surface area contributed by atoms with Crippen molar-refractivity contribution in [1.29, 1.82) is 0 Å². The average Bonchev–Trinajstić information content (AvgIpc) is 2.89. The zero-order chi connectivity index (χ0) is 20.3. The number of rotatable bonds is 4. The van der Waals surface area contributed by atoms with Gasteiger partial charge in [0.05, 0.1) is 9.25 Å². The molecule has 0 bridgehead atoms. The Bertz CT molecular complexity index is 711. The van der Waals surface area contributed by atoms with Gasteiger partial charge in [-0.3, -0.25) is 9.59 Å². The number of carbonyl (C=O) groups is 2. The lowest BCUT2D eigenvalue weighted by Gasteiger charge is -2.58. The number of ketones is 1. The number of Topliss-reactive ketones (excluding diaryl/α,β-unsaturated/α-hetero) is 1. The number of halogens is 2. The first-order chi connectivity index (χ1) is 13.2. The third kappa shape index (κ3) is 2.75. The largest absolute Gasteiger partial charge is 0.464 e. The molecule has 0 unspecified atom stereocenters. The molecule has 28 heavy (non-hydrogen) atoms. The molecule has 0 heterocycles. The van der Waals surface area contributed by atoms with Gasteiger partial charge in [-0.05, 0) is 61.7 Å². The molecular formula is C22H30BrIO4. The standard InChI is InChI=1S/C22H30BrIO4/c1-20-7-5-14(28-12-25)9-13(20)3-4-15-16(20)6-8-21(2)17(15)10-18(23)22(21,27)19(26)11-24/h3,12,14-18,27H,4-11H2,1-2H3/t14-,15+,16-,17-,18-,20-,21-,22-/m0/s1. The molecule has 0 spiro atoms. The van der Waals surface area contributed by atoms with Gasteiger partial charge in [-0.15, -0.1) is 0 Å². The van der Waals surface area contributed by atoms with Gasteiger partial charge < -0.3 is 9.84 Å². The van der Waals surface area contributed by atoms with Gasteiger partial charge in [0.25, 0.3) is 6.47 Å². The molecule has 0 saturated heterocycles. The van der Waals surface area contributed by atoms with Crippen LogP contribution in [0.3, 0.4) is 0 Å². The average molecular weight is 565 g/mol. The van der Waals surface area contributed by atoms with Gasteiger partial charge in [0.1, 0.15) is 11.7 Å². The molecule has 3 saturated carbocycles. The molecule has 3 fully saturated rings. The molecule has 0 radical (unpaired) electrons. The third-order valence-electron chi connectivity index (χ3n) is 9.03. The van der Waals surface area contributed by atoms with Gasteiger partial charge >= 0.3 is 0 Å². The lowest BCUT2D eigenvalue weighted by Crippen LogP contribution is -2.59. The first-order valence-electron chi connectivity index (χ1n) is 10.5. The van der Waals surface area contributed by atoms with Crippen LogP contribution >= 0.6 is 38.5 Å². The van der Waals surface area contributed by atoms with Crippen molar-refractivity contribution in [1.82, 2.24) is 0 Å². The summed E-state index contributed by atoms with van der Waals surface area (Å²) in [6, 6.07) is 0. The number of alkyl halides is 2. The summed E-state index contributed by atoms with van der Waals surface area (Å²) in [7, 11) is 0. The number of allylic oxidation sites excluding steroid dienone is 1. The van der Waals surface area contributed by atoms with Gasteiger partial charge in [-0.2, -0.15) is 0 Å². The van der Waals surface area contributed by atoms with Gasteiger partial charge in [0.15, 0.2) is 5.78 Å². The zero-order valence-electron chi connectivity index (χ0n) is 16.6. The second kappa shape index (κ2) is 7.33. The summed E-state index contributed by atoms with van der Waals surface area (Å²) in [5.74, 6) is 1.42. The second-order valence-corrected chi connectivity index (χ2v) is 11.7. The summed E-state index contributed by atoms with van der Waals surface area (Å²) in [5, 5.41) is 11.6. The van der Waals surface area contributed by atoms with E-state index in [-0.39, 0.29) is 27.5 Å². The van der Waals surface area contributed by atoms with Crippen LogP contribution in [-0.4, -0.2) is 38.3 Å². The highest BCUT2D eigenvalue weighted by Gasteiger charge is 2.69. The van der Waals surface area contributed by atoms with Gasteiger partial charge in [0.2, 0.25) is 0 Å². The topological polar surface area (TPSA) is 63.6 Å². The number of hydrogen-bond acceptors (Lipinski definition) is 4. The van der Waals surface area contributed by atoms with Gasteiger partial charge in [0, 0.05) is 11.8 Å². The predicted octanol–water partition coefficient (Wildman–Crippen LogP) is 4.60. The van der Waals surface area contributed by atoms with Crippen LogP contribution in [0.1, 0.15) is 58.8 Å². The molecule has 4 nitrogen and oxygen atoms in total. The quantitative estimate of drug-likeness (QED) is 0.235. The molecule has 8 atom stereocenters. The second-order valence-electron chi connectivity index (χ2n) is 9.84. The lowest BCUT2D eigenvalue weighted by atomic mass is 9.47. The minimum Gasteiger partial charge on any atom is -0.464 e. The normalized spacial score (nSPS) is 50.0. The molecule has 1 N–H and O–H groups in total. The predicted molar refractivity (Wildman–Crippen MR) is 120 cm³/mol. The van der Waals surface area contributed by atoms with Gasteiger partial charge in [-0.25, -0.2) is 0 Å². The summed E-state index contributed by atoms with van der Waals surface area (Å²) < 4.78 is 5.63. The van der Waals surface area contributed by atoms with Crippen molar-refractivity contribution in [2.75, 3.05) is 4.43 Å². The fourth-order valence-corrected chi connectivity index (χ4v) is 9.16. The Kier molecular flexibility index (Phi) is 5.57. The van der Waals surface area contributed by atoms with Crippen LogP contribution in [0.5, 0.6) is 0 Å². The zero-order valence-corrected chi connectivity index (χ0v) is 20.4. The Morgan fingerprint density at radius 3 is 2.79 bits per heavy atom. The Balaban J connectivity index is 1.66. The number of fused-ring (bicyclic) bond motifs is 5. The first-order valence-corrected chi connectivity index (χ1v) is 12.9. The van der Waals surface area contributed by atoms with E-state index in [1.165, 1.54) is 5.57 Å². The molecule has 0 amide bonds. The Labute approximate surface area is 189 Å². The van der Waals surface area contributed by atoms with E-state index in [1.54, 1.807) is 0 Å². The highest BCUT2D eigenvalue weighted by atomic mass is 127. The Hall–Kier alpha value is 0.0500. The summed E-state index contributed by atoms with van der Waals surface area (Å²) in [6.07, 6.45) is 9.09. The van der Waals surface area contributed by atoms with E-state index in [0.717, 1.165) is 44.9 Å². The van der Waals surface area contributed by atoms with Crippen LogP contribution in [0, 0.1) is 28.6 Å². The van der Waals surface area contributed by atoms with Crippen LogP contribution < -0.4 is 0 Å². The van der Waals surface area contributed by atoms with Crippen LogP contribution in [0.4, 0.5) is 0 Å². The highest BCUT2D eigenvalue weighted by Crippen LogP contribution is 2.68. The van der Waals surface area contributed by atoms with Crippen LogP contribution in [0.25, 0.3) is 0 Å². The minimum atomic E-state index is -1.26. The molecule has 0 aromatic heterocycles. The molecule has 4 rings (SSSR count). The van der Waals surface area contributed by atoms with Crippen LogP contribution in [0.15, 0.2) is 11.6 Å². The van der Waals surface area contributed by atoms with Crippen LogP contribution in [-0.2, 0) is 14.3 Å². The number of ether oxygens (including phenoxy) is 1. The summed E-state index contributed by atoms with van der Waals surface area (Å²) in [5.41, 5.74) is -0.000631. The van der Waals surface area contributed by atoms with Crippen molar-refractivity contribution in [3.63, 3.8) is 0 Å². The van der Waals surface area contributed by atoms with E-state index >= 15 is 0 Å². The monoisotopic (exact) mass is 564 g/mol. The third-order valence-corrected chi connectivity index (χ3v) is 10.8. The van der Waals surface area contributed by atoms with Crippen molar-refractivity contribution in [3.05, 3.63) is 11.6 Å². The SMILES string of the molecule is C[C@]12CC[C@H](OC=O)CC1=CC[C@@H]1[C@@H]2CC[C@@]2(C)[C@H]1C[C@H](Br)[C@]2(O)C(=O)CI. The molecule has 156 valence electrons. The number of hydrogen-bond donors (Lipinski definition) is 1. The van der Waals surface area contributed by atoms with E-state index in [0.29, 0.717) is 28.7 Å². The highest BCUT2D eigenvalue weighted by molar-refractivity contribution is 14.1. The smallest absolute Gasteiger partial charge is 0.293 e. The molecule has 0 aliphatic heterocycles. The molecule has 6 heteroatoms. The van der Waals surface area contributed by atoms with E-state index in [1.807, 2.05) is 0 Å². The molecular weight excluding hydrogens is 535 g/mol. The minimum absolute atomic E-state index is 0.0204. The van der Waals surface area contributed by atoms with E-state index in [4.69, 9.17) is 4.74 Å².